The lowest BCUT2D eigenvalue weighted by Gasteiger charge is -2.10. The molecule has 1 N–H and O–H groups in total. The number of hydrogen-bond donors (Lipinski definition) is 1. The van der Waals surface area contributed by atoms with Crippen LogP contribution >= 0.6 is 11.6 Å². The van der Waals surface area contributed by atoms with Crippen LogP contribution in [0.1, 0.15) is 0 Å². The Kier molecular flexibility index (Phi) is 5.83. The second kappa shape index (κ2) is 10.2. The van der Waals surface area contributed by atoms with Crippen LogP contribution in [-0.4, -0.2) is 9.13 Å². The molecule has 0 radical (unpaired) electrons. The Hall–Kier alpha value is -5.71. The first-order valence-corrected chi connectivity index (χ1v) is 15.3. The van der Waals surface area contributed by atoms with Gasteiger partial charge in [-0.15, -0.1) is 0 Å². The van der Waals surface area contributed by atoms with E-state index in [0.717, 1.165) is 55.7 Å². The van der Waals surface area contributed by atoms with Crippen LogP contribution in [0.4, 0.5) is 11.6 Å². The van der Waals surface area contributed by atoms with Gasteiger partial charge in [-0.2, -0.15) is 0 Å². The molecule has 3 aromatic heterocycles. The molecule has 0 atom stereocenters. The van der Waals surface area contributed by atoms with Crippen molar-refractivity contribution in [2.75, 3.05) is 5.32 Å². The van der Waals surface area contributed by atoms with Gasteiger partial charge in [-0.1, -0.05) is 96.5 Å². The molecular formula is C40H26ClN3O. The number of para-hydroxylation sites is 4. The first-order chi connectivity index (χ1) is 22.2. The van der Waals surface area contributed by atoms with Crippen LogP contribution in [0.5, 0.6) is 0 Å². The highest BCUT2D eigenvalue weighted by atomic mass is 35.5. The molecule has 3 heterocycles. The van der Waals surface area contributed by atoms with Gasteiger partial charge in [-0.05, 0) is 60.7 Å². The van der Waals surface area contributed by atoms with Crippen LogP contribution in [0.3, 0.4) is 0 Å². The zero-order valence-electron chi connectivity index (χ0n) is 24.1. The largest absolute Gasteiger partial charge is 0.440 e. The van der Waals surface area contributed by atoms with Crippen molar-refractivity contribution in [3.05, 3.63) is 157 Å². The number of anilines is 2. The monoisotopic (exact) mass is 599 g/mol. The summed E-state index contributed by atoms with van der Waals surface area (Å²) in [5.41, 5.74) is 8.53. The molecule has 45 heavy (non-hydrogen) atoms. The summed E-state index contributed by atoms with van der Waals surface area (Å²) in [6.45, 7) is 0. The smallest absolute Gasteiger partial charge is 0.197 e. The van der Waals surface area contributed by atoms with Gasteiger partial charge in [-0.25, -0.2) is 0 Å². The molecule has 214 valence electrons. The maximum absolute atomic E-state index is 6.98. The molecule has 0 saturated heterocycles. The van der Waals surface area contributed by atoms with E-state index in [1.807, 2.05) is 30.3 Å². The van der Waals surface area contributed by atoms with E-state index in [9.17, 15) is 0 Å². The molecule has 0 spiro atoms. The third-order valence-corrected chi connectivity index (χ3v) is 8.88. The standard InChI is InChI=1S/C40H26ClN3O/c41-33-24-27(25-37-40(33)32-16-8-10-18-35(32)44(37)29-13-5-2-6-14-29)42-39-22-21-38(45-39)26-19-20-31-30-15-7-9-17-34(30)43(36(31)23-26)28-11-3-1-4-12-28/h1-25,42H. The quantitative estimate of drug-likeness (QED) is 0.213. The minimum Gasteiger partial charge on any atom is -0.440 e. The molecule has 9 aromatic rings. The average molecular weight is 600 g/mol. The van der Waals surface area contributed by atoms with E-state index in [-0.39, 0.29) is 0 Å². The second-order valence-corrected chi connectivity index (χ2v) is 11.7. The summed E-state index contributed by atoms with van der Waals surface area (Å²) in [5.74, 6) is 1.43. The van der Waals surface area contributed by atoms with Crippen molar-refractivity contribution in [3.8, 4) is 22.7 Å². The van der Waals surface area contributed by atoms with Crippen molar-refractivity contribution in [2.45, 2.75) is 0 Å². The maximum atomic E-state index is 6.98. The molecule has 0 aliphatic rings. The Morgan fingerprint density at radius 2 is 1.09 bits per heavy atom. The van der Waals surface area contributed by atoms with Crippen molar-refractivity contribution in [3.63, 3.8) is 0 Å². The zero-order chi connectivity index (χ0) is 29.9. The van der Waals surface area contributed by atoms with Crippen LogP contribution in [0.2, 0.25) is 5.02 Å². The number of benzene rings is 6. The van der Waals surface area contributed by atoms with Gasteiger partial charge in [0.2, 0.25) is 0 Å². The first kappa shape index (κ1) is 25.8. The normalized spacial score (nSPS) is 11.7. The average Bonchev–Trinajstić information content (AvgIpc) is 3.78. The van der Waals surface area contributed by atoms with Crippen molar-refractivity contribution in [1.29, 1.82) is 0 Å². The van der Waals surface area contributed by atoms with E-state index < -0.39 is 0 Å². The fraction of sp³-hybridized carbons (Fsp3) is 0. The molecule has 5 heteroatoms. The lowest BCUT2D eigenvalue weighted by molar-refractivity contribution is 0.600. The SMILES string of the molecule is Clc1cc(Nc2ccc(-c3ccc4c5ccccc5n(-c5ccccc5)c4c3)o2)cc2c1c1ccccc1n2-c1ccccc1. The number of fused-ring (bicyclic) bond motifs is 6. The van der Waals surface area contributed by atoms with Crippen molar-refractivity contribution in [2.24, 2.45) is 0 Å². The topological polar surface area (TPSA) is 35.0 Å². The Bertz CT molecular complexity index is 2520. The third kappa shape index (κ3) is 4.15. The fourth-order valence-electron chi connectivity index (χ4n) is 6.65. The van der Waals surface area contributed by atoms with E-state index in [2.05, 4.69) is 136 Å². The van der Waals surface area contributed by atoms with Gasteiger partial charge in [0.25, 0.3) is 0 Å². The Balaban J connectivity index is 1.13. The Morgan fingerprint density at radius 3 is 1.82 bits per heavy atom. The summed E-state index contributed by atoms with van der Waals surface area (Å²) in [7, 11) is 0. The first-order valence-electron chi connectivity index (χ1n) is 15.0. The summed E-state index contributed by atoms with van der Waals surface area (Å²) < 4.78 is 11.0. The molecule has 4 nitrogen and oxygen atoms in total. The Labute approximate surface area is 264 Å². The minimum atomic E-state index is 0.645. The van der Waals surface area contributed by atoms with Crippen molar-refractivity contribution in [1.82, 2.24) is 9.13 Å². The zero-order valence-corrected chi connectivity index (χ0v) is 24.9. The highest BCUT2D eigenvalue weighted by Crippen LogP contribution is 2.40. The van der Waals surface area contributed by atoms with Gasteiger partial charge in [0.15, 0.2) is 5.88 Å². The second-order valence-electron chi connectivity index (χ2n) is 11.2. The molecule has 9 rings (SSSR count). The number of hydrogen-bond acceptors (Lipinski definition) is 2. The number of halogens is 1. The number of nitrogens with one attached hydrogen (secondary N) is 1. The molecule has 0 bridgehead atoms. The van der Waals surface area contributed by atoms with Gasteiger partial charge < -0.3 is 18.9 Å². The van der Waals surface area contributed by atoms with Crippen molar-refractivity contribution < 1.29 is 4.42 Å². The van der Waals surface area contributed by atoms with Gasteiger partial charge in [0.05, 0.1) is 27.1 Å². The maximum Gasteiger partial charge on any atom is 0.197 e. The van der Waals surface area contributed by atoms with E-state index >= 15 is 0 Å². The Morgan fingerprint density at radius 1 is 0.489 bits per heavy atom. The van der Waals surface area contributed by atoms with Crippen LogP contribution in [0, 0.1) is 0 Å². The van der Waals surface area contributed by atoms with Crippen LogP contribution < -0.4 is 5.32 Å². The molecule has 0 unspecified atom stereocenters. The van der Waals surface area contributed by atoms with Crippen LogP contribution in [-0.2, 0) is 0 Å². The summed E-state index contributed by atoms with van der Waals surface area (Å²) in [5, 5.41) is 8.75. The van der Waals surface area contributed by atoms with Gasteiger partial charge in [0.1, 0.15) is 5.76 Å². The molecule has 0 saturated carbocycles. The number of furan rings is 1. The van der Waals surface area contributed by atoms with Crippen LogP contribution in [0.15, 0.2) is 156 Å². The summed E-state index contributed by atoms with van der Waals surface area (Å²) in [6, 6.07) is 52.4. The van der Waals surface area contributed by atoms with Gasteiger partial charge in [0, 0.05) is 50.2 Å². The molecule has 0 fully saturated rings. The molecular weight excluding hydrogens is 574 g/mol. The molecule has 0 aliphatic carbocycles. The predicted molar refractivity (Wildman–Crippen MR) is 188 cm³/mol. The summed E-state index contributed by atoms with van der Waals surface area (Å²) >= 11 is 6.98. The molecule has 6 aromatic carbocycles. The summed E-state index contributed by atoms with van der Waals surface area (Å²) in [6.07, 6.45) is 0. The van der Waals surface area contributed by atoms with Crippen LogP contribution in [0.25, 0.3) is 66.3 Å². The van der Waals surface area contributed by atoms with E-state index in [1.54, 1.807) is 0 Å². The van der Waals surface area contributed by atoms with E-state index in [1.165, 1.54) is 16.3 Å². The van der Waals surface area contributed by atoms with E-state index in [0.29, 0.717) is 10.9 Å². The minimum absolute atomic E-state index is 0.645. The fourth-order valence-corrected chi connectivity index (χ4v) is 6.97. The highest BCUT2D eigenvalue weighted by molar-refractivity contribution is 6.38. The van der Waals surface area contributed by atoms with Gasteiger partial charge >= 0.3 is 0 Å². The highest BCUT2D eigenvalue weighted by Gasteiger charge is 2.17. The van der Waals surface area contributed by atoms with Crippen molar-refractivity contribution >= 4 is 66.8 Å². The summed E-state index contributed by atoms with van der Waals surface area (Å²) in [4.78, 5) is 0. The van der Waals surface area contributed by atoms with Gasteiger partial charge in [-0.3, -0.25) is 0 Å². The number of nitrogens with zero attached hydrogens (tertiary/aromatic N) is 2. The predicted octanol–water partition coefficient (Wildman–Crippen LogP) is 11.5. The third-order valence-electron chi connectivity index (χ3n) is 8.59. The lowest BCUT2D eigenvalue weighted by Crippen LogP contribution is -1.94. The lowest BCUT2D eigenvalue weighted by atomic mass is 10.1. The number of rotatable bonds is 5. The molecule has 0 amide bonds. The molecule has 0 aliphatic heterocycles. The van der Waals surface area contributed by atoms with E-state index in [4.69, 9.17) is 16.0 Å². The number of aromatic nitrogens is 2.